The minimum Gasteiger partial charge on any atom is -0.198 e. The Morgan fingerprint density at radius 1 is 1.31 bits per heavy atom. The Morgan fingerprint density at radius 3 is 2.23 bits per heavy atom. The van der Waals surface area contributed by atoms with Crippen LogP contribution in [0.1, 0.15) is 30.5 Å². The predicted octanol–water partition coefficient (Wildman–Crippen LogP) is 3.63. The van der Waals surface area contributed by atoms with Gasteiger partial charge in [-0.1, -0.05) is 26.3 Å². The van der Waals surface area contributed by atoms with E-state index in [1.165, 1.54) is 11.1 Å². The number of hydrogen-bond donors (Lipinski definition) is 1. The first kappa shape index (κ1) is 15.6. The molecule has 1 aromatic rings. The fourth-order valence-corrected chi connectivity index (χ4v) is 1.05. The SMILES string of the molecule is CC.[CH2-]c1ccc(CS)cc1C.[W]. The molecule has 0 saturated carbocycles. The second-order valence-electron chi connectivity index (χ2n) is 2.42. The monoisotopic (exact) mass is 365 g/mol. The molecule has 0 N–H and O–H groups in total. The van der Waals surface area contributed by atoms with Crippen LogP contribution in [0.2, 0.25) is 0 Å². The maximum Gasteiger partial charge on any atom is 0.0133 e. The summed E-state index contributed by atoms with van der Waals surface area (Å²) in [7, 11) is 0. The second-order valence-corrected chi connectivity index (χ2v) is 2.74. The molecule has 1 rings (SSSR count). The van der Waals surface area contributed by atoms with Crippen LogP contribution in [0.4, 0.5) is 0 Å². The number of hydrogen-bond acceptors (Lipinski definition) is 1. The number of benzene rings is 1. The largest absolute Gasteiger partial charge is 0.198 e. The van der Waals surface area contributed by atoms with E-state index in [1.54, 1.807) is 0 Å². The van der Waals surface area contributed by atoms with Crippen LogP contribution in [0, 0.1) is 13.8 Å². The minimum atomic E-state index is 0. The van der Waals surface area contributed by atoms with Crippen molar-refractivity contribution in [3.8, 4) is 0 Å². The molecular formula is C11H17SW-. The normalized spacial score (nSPS) is 8.00. The number of thiol groups is 1. The van der Waals surface area contributed by atoms with Gasteiger partial charge in [0.25, 0.3) is 0 Å². The third-order valence-corrected chi connectivity index (χ3v) is 1.95. The zero-order valence-corrected chi connectivity index (χ0v) is 12.3. The van der Waals surface area contributed by atoms with E-state index in [0.29, 0.717) is 0 Å². The van der Waals surface area contributed by atoms with Crippen LogP contribution < -0.4 is 0 Å². The Bertz CT molecular complexity index is 234. The molecule has 2 heteroatoms. The average Bonchev–Trinajstić information content (AvgIpc) is 2.13. The molecule has 0 spiro atoms. The molecule has 0 aliphatic heterocycles. The summed E-state index contributed by atoms with van der Waals surface area (Å²) in [5.41, 5.74) is 3.60. The van der Waals surface area contributed by atoms with Gasteiger partial charge in [-0.05, 0) is 0 Å². The van der Waals surface area contributed by atoms with Crippen molar-refractivity contribution in [1.29, 1.82) is 0 Å². The number of aryl methyl sites for hydroxylation is 1. The van der Waals surface area contributed by atoms with Gasteiger partial charge in [-0.15, -0.1) is 12.1 Å². The fraction of sp³-hybridized carbons (Fsp3) is 0.364. The van der Waals surface area contributed by atoms with Gasteiger partial charge >= 0.3 is 0 Å². The Hall–Kier alpha value is 0.128. The van der Waals surface area contributed by atoms with Gasteiger partial charge in [0.1, 0.15) is 0 Å². The van der Waals surface area contributed by atoms with Gasteiger partial charge in [-0.2, -0.15) is 36.7 Å². The summed E-state index contributed by atoms with van der Waals surface area (Å²) in [6, 6.07) is 6.21. The summed E-state index contributed by atoms with van der Waals surface area (Å²) in [5, 5.41) is 0. The van der Waals surface area contributed by atoms with Gasteiger partial charge in [0.15, 0.2) is 0 Å². The third-order valence-electron chi connectivity index (χ3n) is 1.59. The zero-order chi connectivity index (χ0) is 9.56. The van der Waals surface area contributed by atoms with Crippen molar-refractivity contribution >= 4 is 12.6 Å². The van der Waals surface area contributed by atoms with E-state index < -0.39 is 0 Å². The zero-order valence-electron chi connectivity index (χ0n) is 8.50. The van der Waals surface area contributed by atoms with E-state index in [2.05, 4.69) is 38.6 Å². The van der Waals surface area contributed by atoms with Gasteiger partial charge in [0.05, 0.1) is 0 Å². The molecule has 1 aromatic carbocycles. The minimum absolute atomic E-state index is 0. The molecule has 0 nitrogen and oxygen atoms in total. The third kappa shape index (κ3) is 5.44. The summed E-state index contributed by atoms with van der Waals surface area (Å²) >= 11 is 4.17. The molecule has 0 amide bonds. The van der Waals surface area contributed by atoms with E-state index in [-0.39, 0.29) is 21.1 Å². The maximum absolute atomic E-state index is 4.17. The van der Waals surface area contributed by atoms with Gasteiger partial charge in [-0.3, -0.25) is 0 Å². The van der Waals surface area contributed by atoms with Crippen molar-refractivity contribution in [2.75, 3.05) is 0 Å². The molecule has 0 aliphatic rings. The molecule has 0 saturated heterocycles. The first-order valence-electron chi connectivity index (χ1n) is 4.26. The molecule has 13 heavy (non-hydrogen) atoms. The Morgan fingerprint density at radius 2 is 1.85 bits per heavy atom. The molecule has 0 aliphatic carbocycles. The molecule has 0 aromatic heterocycles. The van der Waals surface area contributed by atoms with E-state index in [4.69, 9.17) is 0 Å². The number of rotatable bonds is 1. The van der Waals surface area contributed by atoms with Crippen LogP contribution in [0.5, 0.6) is 0 Å². The Balaban J connectivity index is 0. The summed E-state index contributed by atoms with van der Waals surface area (Å²) in [5.74, 6) is 0.807. The molecule has 0 bridgehead atoms. The topological polar surface area (TPSA) is 0 Å². The summed E-state index contributed by atoms with van der Waals surface area (Å²) < 4.78 is 0. The van der Waals surface area contributed by atoms with Crippen LogP contribution >= 0.6 is 12.6 Å². The van der Waals surface area contributed by atoms with E-state index in [1.807, 2.05) is 19.9 Å². The molecule has 74 valence electrons. The predicted molar refractivity (Wildman–Crippen MR) is 59.7 cm³/mol. The molecule has 0 fully saturated rings. The Kier molecular flexibility index (Phi) is 10.5. The molecule has 0 atom stereocenters. The summed E-state index contributed by atoms with van der Waals surface area (Å²) in [4.78, 5) is 0. The van der Waals surface area contributed by atoms with Gasteiger partial charge < -0.3 is 0 Å². The van der Waals surface area contributed by atoms with Gasteiger partial charge in [-0.25, -0.2) is 0 Å². The average molecular weight is 365 g/mol. The van der Waals surface area contributed by atoms with Crippen molar-refractivity contribution in [1.82, 2.24) is 0 Å². The maximum atomic E-state index is 4.17. The van der Waals surface area contributed by atoms with Crippen molar-refractivity contribution in [3.63, 3.8) is 0 Å². The Labute approximate surface area is 102 Å². The van der Waals surface area contributed by atoms with Gasteiger partial charge in [0, 0.05) is 26.8 Å². The van der Waals surface area contributed by atoms with E-state index in [9.17, 15) is 0 Å². The molecule has 0 unspecified atom stereocenters. The van der Waals surface area contributed by atoms with Crippen molar-refractivity contribution in [2.45, 2.75) is 26.5 Å². The van der Waals surface area contributed by atoms with E-state index >= 15 is 0 Å². The summed E-state index contributed by atoms with van der Waals surface area (Å²) in [6.45, 7) is 9.94. The first-order valence-corrected chi connectivity index (χ1v) is 4.89. The first-order chi connectivity index (χ1) is 5.74. The van der Waals surface area contributed by atoms with Crippen molar-refractivity contribution < 1.29 is 21.1 Å². The van der Waals surface area contributed by atoms with Crippen LogP contribution in [-0.2, 0) is 26.8 Å². The summed E-state index contributed by atoms with van der Waals surface area (Å²) in [6.07, 6.45) is 0. The van der Waals surface area contributed by atoms with Crippen molar-refractivity contribution in [2.24, 2.45) is 0 Å². The van der Waals surface area contributed by atoms with Crippen LogP contribution in [-0.4, -0.2) is 0 Å². The van der Waals surface area contributed by atoms with Crippen LogP contribution in [0.3, 0.4) is 0 Å². The molecule has 0 radical (unpaired) electrons. The quantitative estimate of drug-likeness (QED) is 0.570. The van der Waals surface area contributed by atoms with Crippen LogP contribution in [0.25, 0.3) is 0 Å². The van der Waals surface area contributed by atoms with Gasteiger partial charge in [0.2, 0.25) is 0 Å². The standard InChI is InChI=1S/C9H11S.C2H6.W/c1-7-3-4-9(6-10)5-8(7)2;1-2;/h3-5,10H,1,6H2,2H3;1-2H3;/q-1;;. The van der Waals surface area contributed by atoms with E-state index in [0.717, 1.165) is 11.3 Å². The molecule has 0 heterocycles. The molecular weight excluding hydrogens is 348 g/mol. The smallest absolute Gasteiger partial charge is 0.0133 e. The van der Waals surface area contributed by atoms with Crippen molar-refractivity contribution in [3.05, 3.63) is 41.8 Å². The fourth-order valence-electron chi connectivity index (χ4n) is 0.856. The van der Waals surface area contributed by atoms with Crippen LogP contribution in [0.15, 0.2) is 18.2 Å². The second kappa shape index (κ2) is 8.71.